The molecule has 2 amide bonds. The Balaban J connectivity index is 2.12. The van der Waals surface area contributed by atoms with Crippen LogP contribution in [0, 0.1) is 0 Å². The summed E-state index contributed by atoms with van der Waals surface area (Å²) in [5.41, 5.74) is 0.707. The van der Waals surface area contributed by atoms with Gasteiger partial charge >= 0.3 is 12.0 Å². The molecule has 0 aliphatic heterocycles. The maximum absolute atomic E-state index is 11.6. The number of carbonyl (C=O) groups excluding carboxylic acids is 2. The van der Waals surface area contributed by atoms with Crippen molar-refractivity contribution in [2.75, 3.05) is 26.1 Å². The highest BCUT2D eigenvalue weighted by molar-refractivity contribution is 5.89. The van der Waals surface area contributed by atoms with Gasteiger partial charge in [-0.05, 0) is 37.1 Å². The van der Waals surface area contributed by atoms with E-state index in [1.807, 2.05) is 0 Å². The van der Waals surface area contributed by atoms with Crippen molar-refractivity contribution >= 4 is 17.7 Å². The molecule has 0 radical (unpaired) electrons. The summed E-state index contributed by atoms with van der Waals surface area (Å²) in [6, 6.07) is 6.86. The molecule has 1 rings (SSSR count). The molecule has 0 unspecified atom stereocenters. The third-order valence-corrected chi connectivity index (χ3v) is 2.92. The fraction of sp³-hybridized carbons (Fsp3) is 0.467. The summed E-state index contributed by atoms with van der Waals surface area (Å²) in [6.45, 7) is 0.573. The lowest BCUT2D eigenvalue weighted by atomic mass is 10.2. The maximum atomic E-state index is 11.6. The third-order valence-electron chi connectivity index (χ3n) is 2.92. The number of hydrogen-bond acceptors (Lipinski definition) is 4. The molecule has 6 nitrogen and oxygen atoms in total. The summed E-state index contributed by atoms with van der Waals surface area (Å²) in [4.78, 5) is 22.5. The second-order valence-corrected chi connectivity index (χ2v) is 4.50. The van der Waals surface area contributed by atoms with E-state index in [2.05, 4.69) is 15.4 Å². The van der Waals surface area contributed by atoms with E-state index in [1.165, 1.54) is 7.11 Å². The zero-order valence-corrected chi connectivity index (χ0v) is 12.5. The molecule has 0 saturated carbocycles. The lowest BCUT2D eigenvalue weighted by Crippen LogP contribution is -2.29. The Kier molecular flexibility index (Phi) is 7.71. The van der Waals surface area contributed by atoms with Crippen molar-refractivity contribution < 1.29 is 19.1 Å². The number of benzene rings is 1. The summed E-state index contributed by atoms with van der Waals surface area (Å²) in [7, 11) is 2.97. The zero-order chi connectivity index (χ0) is 15.5. The van der Waals surface area contributed by atoms with Gasteiger partial charge in [0.1, 0.15) is 5.75 Å². The largest absolute Gasteiger partial charge is 0.497 e. The predicted octanol–water partition coefficient (Wildman–Crippen LogP) is 2.55. The van der Waals surface area contributed by atoms with Crippen LogP contribution >= 0.6 is 0 Å². The van der Waals surface area contributed by atoms with Crippen LogP contribution in [0.5, 0.6) is 5.75 Å². The molecular weight excluding hydrogens is 272 g/mol. The molecule has 0 aromatic heterocycles. The average molecular weight is 294 g/mol. The van der Waals surface area contributed by atoms with E-state index in [9.17, 15) is 9.59 Å². The van der Waals surface area contributed by atoms with Crippen LogP contribution in [0.25, 0.3) is 0 Å². The van der Waals surface area contributed by atoms with Gasteiger partial charge in [-0.1, -0.05) is 6.42 Å². The number of hydrogen-bond donors (Lipinski definition) is 2. The fourth-order valence-corrected chi connectivity index (χ4v) is 1.72. The van der Waals surface area contributed by atoms with E-state index in [-0.39, 0.29) is 12.0 Å². The van der Waals surface area contributed by atoms with Gasteiger partial charge in [0.15, 0.2) is 0 Å². The Hall–Kier alpha value is -2.24. The topological polar surface area (TPSA) is 76.7 Å². The number of nitrogens with one attached hydrogen (secondary N) is 2. The van der Waals surface area contributed by atoms with E-state index >= 15 is 0 Å². The molecule has 0 fully saturated rings. The minimum Gasteiger partial charge on any atom is -0.497 e. The van der Waals surface area contributed by atoms with Crippen molar-refractivity contribution in [2.24, 2.45) is 0 Å². The van der Waals surface area contributed by atoms with Crippen LogP contribution in [-0.2, 0) is 9.53 Å². The Morgan fingerprint density at radius 1 is 1.05 bits per heavy atom. The highest BCUT2D eigenvalue weighted by Crippen LogP contribution is 2.14. The number of rotatable bonds is 8. The summed E-state index contributed by atoms with van der Waals surface area (Å²) < 4.78 is 9.59. The number of esters is 1. The van der Waals surface area contributed by atoms with Crippen molar-refractivity contribution in [1.82, 2.24) is 5.32 Å². The second-order valence-electron chi connectivity index (χ2n) is 4.50. The van der Waals surface area contributed by atoms with Gasteiger partial charge in [0, 0.05) is 18.7 Å². The Morgan fingerprint density at radius 2 is 1.76 bits per heavy atom. The second kappa shape index (κ2) is 9.63. The first kappa shape index (κ1) is 16.8. The van der Waals surface area contributed by atoms with Gasteiger partial charge < -0.3 is 20.1 Å². The first-order valence-electron chi connectivity index (χ1n) is 6.91. The smallest absolute Gasteiger partial charge is 0.319 e. The normalized spacial score (nSPS) is 9.81. The van der Waals surface area contributed by atoms with Crippen LogP contribution in [-0.4, -0.2) is 32.8 Å². The molecule has 1 aromatic rings. The molecular formula is C15H22N2O4. The van der Waals surface area contributed by atoms with Gasteiger partial charge in [-0.25, -0.2) is 4.79 Å². The number of carbonyl (C=O) groups is 2. The Bertz CT molecular complexity index is 445. The van der Waals surface area contributed by atoms with Gasteiger partial charge in [0.05, 0.1) is 14.2 Å². The quantitative estimate of drug-likeness (QED) is 0.570. The standard InChI is InChI=1S/C15H22N2O4/c1-20-13-9-7-12(8-10-13)17-15(19)16-11-5-3-4-6-14(18)21-2/h7-10H,3-6,11H2,1-2H3,(H2,16,17,19). The average Bonchev–Trinajstić information content (AvgIpc) is 2.51. The summed E-state index contributed by atoms with van der Waals surface area (Å²) in [5, 5.41) is 5.50. The number of anilines is 1. The Morgan fingerprint density at radius 3 is 2.38 bits per heavy atom. The number of methoxy groups -OCH3 is 2. The molecule has 2 N–H and O–H groups in total. The zero-order valence-electron chi connectivity index (χ0n) is 12.5. The van der Waals surface area contributed by atoms with E-state index < -0.39 is 0 Å². The maximum Gasteiger partial charge on any atom is 0.319 e. The molecule has 0 bridgehead atoms. The van der Waals surface area contributed by atoms with E-state index in [0.29, 0.717) is 18.7 Å². The molecule has 0 spiro atoms. The fourth-order valence-electron chi connectivity index (χ4n) is 1.72. The summed E-state index contributed by atoms with van der Waals surface area (Å²) in [6.07, 6.45) is 2.90. The molecule has 1 aromatic carbocycles. The molecule has 0 aliphatic rings. The lowest BCUT2D eigenvalue weighted by molar-refractivity contribution is -0.140. The van der Waals surface area contributed by atoms with Crippen LogP contribution < -0.4 is 15.4 Å². The summed E-state index contributed by atoms with van der Waals surface area (Å²) >= 11 is 0. The van der Waals surface area contributed by atoms with Gasteiger partial charge in [-0.3, -0.25) is 4.79 Å². The number of urea groups is 1. The SMILES string of the molecule is COC(=O)CCCCCNC(=O)Nc1ccc(OC)cc1. The van der Waals surface area contributed by atoms with Crippen molar-refractivity contribution in [3.63, 3.8) is 0 Å². The molecule has 116 valence electrons. The Labute approximate surface area is 124 Å². The first-order chi connectivity index (χ1) is 10.2. The molecule has 0 heterocycles. The van der Waals surface area contributed by atoms with Gasteiger partial charge in [0.25, 0.3) is 0 Å². The van der Waals surface area contributed by atoms with Crippen LogP contribution in [0.15, 0.2) is 24.3 Å². The van der Waals surface area contributed by atoms with E-state index in [1.54, 1.807) is 31.4 Å². The van der Waals surface area contributed by atoms with Crippen LogP contribution in [0.3, 0.4) is 0 Å². The van der Waals surface area contributed by atoms with Crippen molar-refractivity contribution in [3.8, 4) is 5.75 Å². The molecule has 21 heavy (non-hydrogen) atoms. The van der Waals surface area contributed by atoms with E-state index in [0.717, 1.165) is 25.0 Å². The predicted molar refractivity (Wildman–Crippen MR) is 80.5 cm³/mol. The molecule has 0 atom stereocenters. The van der Waals surface area contributed by atoms with Crippen molar-refractivity contribution in [1.29, 1.82) is 0 Å². The number of amides is 2. The van der Waals surface area contributed by atoms with E-state index in [4.69, 9.17) is 4.74 Å². The van der Waals surface area contributed by atoms with Crippen molar-refractivity contribution in [2.45, 2.75) is 25.7 Å². The number of unbranched alkanes of at least 4 members (excludes halogenated alkanes) is 2. The van der Waals surface area contributed by atoms with Crippen molar-refractivity contribution in [3.05, 3.63) is 24.3 Å². The monoisotopic (exact) mass is 294 g/mol. The van der Waals surface area contributed by atoms with Gasteiger partial charge in [0.2, 0.25) is 0 Å². The van der Waals surface area contributed by atoms with Gasteiger partial charge in [-0.2, -0.15) is 0 Å². The highest BCUT2D eigenvalue weighted by atomic mass is 16.5. The lowest BCUT2D eigenvalue weighted by Gasteiger charge is -2.08. The summed E-state index contributed by atoms with van der Waals surface area (Å²) in [5.74, 6) is 0.548. The molecule has 0 saturated heterocycles. The minimum atomic E-state index is -0.242. The van der Waals surface area contributed by atoms with Crippen LogP contribution in [0.4, 0.5) is 10.5 Å². The van der Waals surface area contributed by atoms with Crippen LogP contribution in [0.2, 0.25) is 0 Å². The number of ether oxygens (including phenoxy) is 2. The van der Waals surface area contributed by atoms with Crippen LogP contribution in [0.1, 0.15) is 25.7 Å². The molecule has 0 aliphatic carbocycles. The first-order valence-corrected chi connectivity index (χ1v) is 6.91. The highest BCUT2D eigenvalue weighted by Gasteiger charge is 2.02. The third kappa shape index (κ3) is 7.20. The minimum absolute atomic E-state index is 0.194. The van der Waals surface area contributed by atoms with Gasteiger partial charge in [-0.15, -0.1) is 0 Å². The molecule has 6 heteroatoms.